The molecule has 112 valence electrons. The highest BCUT2D eigenvalue weighted by Gasteiger charge is 2.34. The van der Waals surface area contributed by atoms with Crippen molar-refractivity contribution >= 4 is 10.1 Å². The number of rotatable bonds is 4. The molecule has 0 saturated heterocycles. The van der Waals surface area contributed by atoms with Gasteiger partial charge in [0.15, 0.2) is 0 Å². The Morgan fingerprint density at radius 3 is 1.48 bits per heavy atom. The zero-order valence-corrected chi connectivity index (χ0v) is 12.2. The third kappa shape index (κ3) is 3.53. The van der Waals surface area contributed by atoms with Crippen LogP contribution in [0.5, 0.6) is 11.5 Å². The SMILES string of the molecule is CC(CS(=O)(=O)O)(c1ccc(O)cc1)c1ccc(O)cc1. The van der Waals surface area contributed by atoms with E-state index in [0.717, 1.165) is 0 Å². The third-order valence-electron chi connectivity index (χ3n) is 3.48. The third-order valence-corrected chi connectivity index (χ3v) is 4.42. The van der Waals surface area contributed by atoms with Crippen molar-refractivity contribution in [2.45, 2.75) is 12.3 Å². The lowest BCUT2D eigenvalue weighted by Gasteiger charge is -2.29. The van der Waals surface area contributed by atoms with E-state index in [0.29, 0.717) is 11.1 Å². The molecule has 0 radical (unpaired) electrons. The molecular formula is C15H16O5S. The number of benzene rings is 2. The molecule has 0 aliphatic carbocycles. The summed E-state index contributed by atoms with van der Waals surface area (Å²) in [5, 5.41) is 18.7. The first-order chi connectivity index (χ1) is 9.71. The summed E-state index contributed by atoms with van der Waals surface area (Å²) in [5.41, 5.74) is 0.252. The Kier molecular flexibility index (Phi) is 3.93. The summed E-state index contributed by atoms with van der Waals surface area (Å²) in [4.78, 5) is 0. The van der Waals surface area contributed by atoms with Gasteiger partial charge in [0.05, 0.1) is 5.75 Å². The van der Waals surface area contributed by atoms with Crippen LogP contribution in [0.25, 0.3) is 0 Å². The van der Waals surface area contributed by atoms with E-state index in [1.54, 1.807) is 31.2 Å². The molecule has 3 N–H and O–H groups in total. The molecule has 2 aromatic rings. The van der Waals surface area contributed by atoms with Gasteiger partial charge in [-0.1, -0.05) is 31.2 Å². The highest BCUT2D eigenvalue weighted by molar-refractivity contribution is 7.85. The van der Waals surface area contributed by atoms with Crippen LogP contribution in [-0.4, -0.2) is 28.9 Å². The molecule has 0 spiro atoms. The van der Waals surface area contributed by atoms with Crippen molar-refractivity contribution in [1.82, 2.24) is 0 Å². The van der Waals surface area contributed by atoms with Crippen LogP contribution >= 0.6 is 0 Å². The standard InChI is InChI=1S/C15H16O5S/c1-15(10-21(18,19)20,11-2-6-13(16)7-3-11)12-4-8-14(17)9-5-12/h2-9,16-17H,10H2,1H3,(H,18,19,20). The molecule has 0 amide bonds. The fourth-order valence-corrected chi connectivity index (χ4v) is 3.42. The van der Waals surface area contributed by atoms with Crippen molar-refractivity contribution in [2.24, 2.45) is 0 Å². The predicted molar refractivity (Wildman–Crippen MR) is 79.1 cm³/mol. The second-order valence-corrected chi connectivity index (χ2v) is 6.60. The molecule has 0 fully saturated rings. The average molecular weight is 308 g/mol. The van der Waals surface area contributed by atoms with Crippen LogP contribution in [0.2, 0.25) is 0 Å². The maximum absolute atomic E-state index is 11.4. The molecule has 0 aromatic heterocycles. The summed E-state index contributed by atoms with van der Waals surface area (Å²) in [6.45, 7) is 1.68. The van der Waals surface area contributed by atoms with Gasteiger partial charge in [-0.3, -0.25) is 4.55 Å². The maximum Gasteiger partial charge on any atom is 0.266 e. The minimum atomic E-state index is -4.22. The summed E-state index contributed by atoms with van der Waals surface area (Å²) in [7, 11) is -4.22. The van der Waals surface area contributed by atoms with Crippen molar-refractivity contribution in [2.75, 3.05) is 5.75 Å². The minimum Gasteiger partial charge on any atom is -0.508 e. The molecule has 0 atom stereocenters. The Balaban J connectivity index is 2.58. The predicted octanol–water partition coefficient (Wildman–Crippen LogP) is 2.29. The van der Waals surface area contributed by atoms with Gasteiger partial charge in [-0.15, -0.1) is 0 Å². The number of phenols is 2. The Bertz CT molecular complexity index is 672. The number of hydrogen-bond acceptors (Lipinski definition) is 4. The zero-order chi connectivity index (χ0) is 15.7. The monoisotopic (exact) mass is 308 g/mol. The topological polar surface area (TPSA) is 94.8 Å². The Hall–Kier alpha value is -2.05. The molecule has 2 aromatic carbocycles. The van der Waals surface area contributed by atoms with Gasteiger partial charge in [-0.2, -0.15) is 8.42 Å². The van der Waals surface area contributed by atoms with Crippen LogP contribution in [0.3, 0.4) is 0 Å². The molecule has 21 heavy (non-hydrogen) atoms. The van der Waals surface area contributed by atoms with Crippen LogP contribution in [0.1, 0.15) is 18.1 Å². The molecule has 5 nitrogen and oxygen atoms in total. The van der Waals surface area contributed by atoms with Crippen molar-refractivity contribution in [3.05, 3.63) is 59.7 Å². The smallest absolute Gasteiger partial charge is 0.266 e. The van der Waals surface area contributed by atoms with E-state index >= 15 is 0 Å². The van der Waals surface area contributed by atoms with Crippen LogP contribution in [0.4, 0.5) is 0 Å². The molecule has 0 heterocycles. The fraction of sp³-hybridized carbons (Fsp3) is 0.200. The van der Waals surface area contributed by atoms with Gasteiger partial charge < -0.3 is 10.2 Å². The lowest BCUT2D eigenvalue weighted by atomic mass is 9.78. The average Bonchev–Trinajstić information content (AvgIpc) is 2.38. The number of aromatic hydroxyl groups is 2. The first-order valence-corrected chi connectivity index (χ1v) is 7.86. The normalized spacial score (nSPS) is 12.3. The van der Waals surface area contributed by atoms with Crippen molar-refractivity contribution in [1.29, 1.82) is 0 Å². The van der Waals surface area contributed by atoms with Gasteiger partial charge in [0.1, 0.15) is 11.5 Å². The van der Waals surface area contributed by atoms with Gasteiger partial charge in [0.25, 0.3) is 10.1 Å². The van der Waals surface area contributed by atoms with E-state index in [2.05, 4.69) is 0 Å². The Morgan fingerprint density at radius 2 is 1.19 bits per heavy atom. The molecule has 6 heteroatoms. The van der Waals surface area contributed by atoms with Gasteiger partial charge in [0, 0.05) is 5.41 Å². The zero-order valence-electron chi connectivity index (χ0n) is 11.4. The summed E-state index contributed by atoms with van der Waals surface area (Å²) in [6.07, 6.45) is 0. The van der Waals surface area contributed by atoms with Gasteiger partial charge in [-0.25, -0.2) is 0 Å². The first kappa shape index (κ1) is 15.3. The number of hydrogen-bond donors (Lipinski definition) is 3. The highest BCUT2D eigenvalue weighted by atomic mass is 32.2. The van der Waals surface area contributed by atoms with Crippen LogP contribution in [0.15, 0.2) is 48.5 Å². The quantitative estimate of drug-likeness (QED) is 0.753. The highest BCUT2D eigenvalue weighted by Crippen LogP contribution is 2.34. The molecule has 2 rings (SSSR count). The minimum absolute atomic E-state index is 0.0682. The van der Waals surface area contributed by atoms with Crippen LogP contribution < -0.4 is 0 Å². The van der Waals surface area contributed by atoms with Gasteiger partial charge >= 0.3 is 0 Å². The van der Waals surface area contributed by atoms with E-state index in [-0.39, 0.29) is 11.5 Å². The molecule has 0 aliphatic heterocycles. The van der Waals surface area contributed by atoms with Gasteiger partial charge in [-0.05, 0) is 35.4 Å². The van der Waals surface area contributed by atoms with Gasteiger partial charge in [0.2, 0.25) is 0 Å². The maximum atomic E-state index is 11.4. The first-order valence-electron chi connectivity index (χ1n) is 6.25. The molecule has 0 bridgehead atoms. The van der Waals surface area contributed by atoms with Crippen molar-refractivity contribution in [3.8, 4) is 11.5 Å². The van der Waals surface area contributed by atoms with Crippen molar-refractivity contribution < 1.29 is 23.2 Å². The van der Waals surface area contributed by atoms with E-state index < -0.39 is 21.3 Å². The second kappa shape index (κ2) is 5.38. The van der Waals surface area contributed by atoms with E-state index in [4.69, 9.17) is 0 Å². The molecule has 0 aliphatic rings. The molecular weight excluding hydrogens is 292 g/mol. The summed E-state index contributed by atoms with van der Waals surface area (Å²) >= 11 is 0. The molecule has 0 unspecified atom stereocenters. The molecule has 0 saturated carbocycles. The van der Waals surface area contributed by atoms with E-state index in [1.807, 2.05) is 0 Å². The van der Waals surface area contributed by atoms with E-state index in [9.17, 15) is 23.2 Å². The second-order valence-electron chi connectivity index (χ2n) is 5.15. The van der Waals surface area contributed by atoms with Crippen LogP contribution in [0, 0.1) is 0 Å². The fourth-order valence-electron chi connectivity index (χ4n) is 2.36. The lowest BCUT2D eigenvalue weighted by Crippen LogP contribution is -2.32. The van der Waals surface area contributed by atoms with Crippen LogP contribution in [-0.2, 0) is 15.5 Å². The lowest BCUT2D eigenvalue weighted by molar-refractivity contribution is 0.465. The van der Waals surface area contributed by atoms with Crippen molar-refractivity contribution in [3.63, 3.8) is 0 Å². The largest absolute Gasteiger partial charge is 0.508 e. The van der Waals surface area contributed by atoms with E-state index in [1.165, 1.54) is 24.3 Å². The number of phenolic OH excluding ortho intramolecular Hbond substituents is 2. The Labute approximate surface area is 123 Å². The summed E-state index contributed by atoms with van der Waals surface area (Å²) in [5.74, 6) is -0.368. The summed E-state index contributed by atoms with van der Waals surface area (Å²) < 4.78 is 32.0. The summed E-state index contributed by atoms with van der Waals surface area (Å²) in [6, 6.07) is 12.2. The Morgan fingerprint density at radius 1 is 0.857 bits per heavy atom.